The topological polar surface area (TPSA) is 64.4 Å². The van der Waals surface area contributed by atoms with Crippen molar-refractivity contribution >= 4 is 17.7 Å². The van der Waals surface area contributed by atoms with Gasteiger partial charge in [0.2, 0.25) is 5.91 Å². The molecule has 1 atom stereocenters. The lowest BCUT2D eigenvalue weighted by atomic mass is 10.3. The van der Waals surface area contributed by atoms with Gasteiger partial charge in [0.15, 0.2) is 0 Å². The van der Waals surface area contributed by atoms with Crippen LogP contribution < -0.4 is 11.1 Å². The zero-order chi connectivity index (χ0) is 11.5. The highest BCUT2D eigenvalue weighted by atomic mass is 32.2. The second kappa shape index (κ2) is 10.3. The van der Waals surface area contributed by atoms with Crippen LogP contribution in [0.5, 0.6) is 0 Å². The third-order valence-electron chi connectivity index (χ3n) is 1.94. The normalized spacial score (nSPS) is 12.5. The van der Waals surface area contributed by atoms with E-state index in [1.807, 2.05) is 0 Å². The molecule has 15 heavy (non-hydrogen) atoms. The van der Waals surface area contributed by atoms with Crippen LogP contribution in [0.15, 0.2) is 0 Å². The number of hydrogen-bond donors (Lipinski definition) is 2. The lowest BCUT2D eigenvalue weighted by Crippen LogP contribution is -2.28. The Morgan fingerprint density at radius 3 is 2.93 bits per heavy atom. The van der Waals surface area contributed by atoms with Crippen molar-refractivity contribution in [2.75, 3.05) is 31.8 Å². The van der Waals surface area contributed by atoms with E-state index in [1.54, 1.807) is 18.9 Å². The van der Waals surface area contributed by atoms with Gasteiger partial charge >= 0.3 is 0 Å². The molecular weight excluding hydrogens is 212 g/mol. The summed E-state index contributed by atoms with van der Waals surface area (Å²) >= 11 is 1.59. The highest BCUT2D eigenvalue weighted by molar-refractivity contribution is 7.99. The Labute approximate surface area is 96.3 Å². The van der Waals surface area contributed by atoms with Crippen LogP contribution in [-0.2, 0) is 9.53 Å². The summed E-state index contributed by atoms with van der Waals surface area (Å²) in [6, 6.07) is 0.205. The van der Waals surface area contributed by atoms with E-state index in [4.69, 9.17) is 10.5 Å². The number of methoxy groups -OCH3 is 1. The Balaban J connectivity index is 3.26. The number of amides is 1. The minimum Gasteiger partial charge on any atom is -0.385 e. The molecule has 0 radical (unpaired) electrons. The van der Waals surface area contributed by atoms with Crippen molar-refractivity contribution in [3.05, 3.63) is 0 Å². The number of thioether (sulfide) groups is 1. The average Bonchev–Trinajstić information content (AvgIpc) is 2.24. The molecule has 1 amide bonds. The Hall–Kier alpha value is -0.260. The first-order valence-corrected chi connectivity index (χ1v) is 6.45. The Morgan fingerprint density at radius 2 is 2.33 bits per heavy atom. The number of rotatable bonds is 9. The standard InChI is InChI=1S/C10H22N2O2S/c1-3-9(11)7-15-8-10(13)12-5-4-6-14-2/h9H,3-8,11H2,1-2H3,(H,12,13). The van der Waals surface area contributed by atoms with Gasteiger partial charge in [-0.25, -0.2) is 0 Å². The fourth-order valence-electron chi connectivity index (χ4n) is 0.916. The van der Waals surface area contributed by atoms with Gasteiger partial charge in [-0.15, -0.1) is 0 Å². The lowest BCUT2D eigenvalue weighted by molar-refractivity contribution is -0.118. The number of nitrogens with one attached hydrogen (secondary N) is 1. The third kappa shape index (κ3) is 10.0. The molecule has 1 unspecified atom stereocenters. The first kappa shape index (κ1) is 14.7. The van der Waals surface area contributed by atoms with Crippen molar-refractivity contribution in [3.63, 3.8) is 0 Å². The fourth-order valence-corrected chi connectivity index (χ4v) is 1.86. The summed E-state index contributed by atoms with van der Waals surface area (Å²) in [5.41, 5.74) is 5.73. The quantitative estimate of drug-likeness (QED) is 0.574. The molecule has 0 bridgehead atoms. The van der Waals surface area contributed by atoms with Crippen LogP contribution >= 0.6 is 11.8 Å². The van der Waals surface area contributed by atoms with Crippen molar-refractivity contribution < 1.29 is 9.53 Å². The maximum atomic E-state index is 11.3. The average molecular weight is 234 g/mol. The fraction of sp³-hybridized carbons (Fsp3) is 0.900. The van der Waals surface area contributed by atoms with E-state index in [-0.39, 0.29) is 11.9 Å². The first-order valence-electron chi connectivity index (χ1n) is 5.29. The SMILES string of the molecule is CCC(N)CSCC(=O)NCCCOC. The van der Waals surface area contributed by atoms with E-state index in [0.717, 1.165) is 18.6 Å². The minimum atomic E-state index is 0.0828. The molecule has 0 spiro atoms. The van der Waals surface area contributed by atoms with Gasteiger partial charge in [0.25, 0.3) is 0 Å². The van der Waals surface area contributed by atoms with Crippen LogP contribution in [0, 0.1) is 0 Å². The van der Waals surface area contributed by atoms with Crippen LogP contribution in [0.25, 0.3) is 0 Å². The van der Waals surface area contributed by atoms with Crippen molar-refractivity contribution in [3.8, 4) is 0 Å². The number of carbonyl (C=O) groups excluding carboxylic acids is 1. The number of ether oxygens (including phenoxy) is 1. The molecule has 0 aromatic heterocycles. The van der Waals surface area contributed by atoms with Crippen LogP contribution in [0.2, 0.25) is 0 Å². The molecular formula is C10H22N2O2S. The summed E-state index contributed by atoms with van der Waals surface area (Å²) < 4.78 is 4.88. The molecule has 4 nitrogen and oxygen atoms in total. The van der Waals surface area contributed by atoms with E-state index < -0.39 is 0 Å². The molecule has 0 fully saturated rings. The van der Waals surface area contributed by atoms with Gasteiger partial charge in [-0.2, -0.15) is 11.8 Å². The molecule has 0 aromatic carbocycles. The van der Waals surface area contributed by atoms with Gasteiger partial charge in [0, 0.05) is 32.1 Å². The molecule has 0 aliphatic heterocycles. The summed E-state index contributed by atoms with van der Waals surface area (Å²) in [7, 11) is 1.66. The number of nitrogens with two attached hydrogens (primary N) is 1. The summed E-state index contributed by atoms with van der Waals surface area (Å²) in [4.78, 5) is 11.3. The summed E-state index contributed by atoms with van der Waals surface area (Å²) in [6.07, 6.45) is 1.82. The van der Waals surface area contributed by atoms with Crippen molar-refractivity contribution in [2.24, 2.45) is 5.73 Å². The minimum absolute atomic E-state index is 0.0828. The highest BCUT2D eigenvalue weighted by Gasteiger charge is 2.03. The van der Waals surface area contributed by atoms with Gasteiger partial charge in [0.05, 0.1) is 5.75 Å². The molecule has 3 N–H and O–H groups in total. The first-order chi connectivity index (χ1) is 7.20. The predicted molar refractivity (Wildman–Crippen MR) is 65.1 cm³/mol. The van der Waals surface area contributed by atoms with Crippen LogP contribution in [0.3, 0.4) is 0 Å². The van der Waals surface area contributed by atoms with Gasteiger partial charge in [-0.1, -0.05) is 6.92 Å². The monoisotopic (exact) mass is 234 g/mol. The largest absolute Gasteiger partial charge is 0.385 e. The van der Waals surface area contributed by atoms with Crippen molar-refractivity contribution in [2.45, 2.75) is 25.8 Å². The zero-order valence-electron chi connectivity index (χ0n) is 9.62. The Bertz CT molecular complexity index is 168. The van der Waals surface area contributed by atoms with E-state index in [0.29, 0.717) is 18.9 Å². The second-order valence-corrected chi connectivity index (χ2v) is 4.41. The summed E-state index contributed by atoms with van der Waals surface area (Å²) in [6.45, 7) is 3.43. The number of carbonyl (C=O) groups is 1. The molecule has 0 rings (SSSR count). The molecule has 0 aliphatic carbocycles. The van der Waals surface area contributed by atoms with Gasteiger partial charge in [-0.05, 0) is 12.8 Å². The van der Waals surface area contributed by atoms with Gasteiger partial charge < -0.3 is 15.8 Å². The van der Waals surface area contributed by atoms with Crippen LogP contribution in [-0.4, -0.2) is 43.7 Å². The third-order valence-corrected chi connectivity index (χ3v) is 3.07. The van der Waals surface area contributed by atoms with Crippen LogP contribution in [0.4, 0.5) is 0 Å². The smallest absolute Gasteiger partial charge is 0.229 e. The van der Waals surface area contributed by atoms with Crippen molar-refractivity contribution in [1.82, 2.24) is 5.32 Å². The molecule has 0 aliphatic rings. The summed E-state index contributed by atoms with van der Waals surface area (Å²) in [5, 5.41) is 2.83. The zero-order valence-corrected chi connectivity index (χ0v) is 10.4. The predicted octanol–water partition coefficient (Wildman–Crippen LogP) is 0.610. The molecule has 90 valence electrons. The molecule has 0 aromatic rings. The maximum absolute atomic E-state index is 11.3. The van der Waals surface area contributed by atoms with E-state index in [1.165, 1.54) is 0 Å². The van der Waals surface area contributed by atoms with Gasteiger partial charge in [0.1, 0.15) is 0 Å². The Morgan fingerprint density at radius 1 is 1.60 bits per heavy atom. The molecule has 0 saturated carbocycles. The van der Waals surface area contributed by atoms with Crippen LogP contribution in [0.1, 0.15) is 19.8 Å². The van der Waals surface area contributed by atoms with E-state index in [2.05, 4.69) is 12.2 Å². The maximum Gasteiger partial charge on any atom is 0.229 e. The molecule has 0 saturated heterocycles. The second-order valence-electron chi connectivity index (χ2n) is 3.38. The summed E-state index contributed by atoms with van der Waals surface area (Å²) in [5.74, 6) is 1.43. The molecule has 5 heteroatoms. The highest BCUT2D eigenvalue weighted by Crippen LogP contribution is 2.02. The number of hydrogen-bond acceptors (Lipinski definition) is 4. The van der Waals surface area contributed by atoms with Gasteiger partial charge in [-0.3, -0.25) is 4.79 Å². The molecule has 0 heterocycles. The van der Waals surface area contributed by atoms with E-state index >= 15 is 0 Å². The Kier molecular flexibility index (Phi) is 10.1. The van der Waals surface area contributed by atoms with Crippen molar-refractivity contribution in [1.29, 1.82) is 0 Å². The van der Waals surface area contributed by atoms with E-state index in [9.17, 15) is 4.79 Å². The lowest BCUT2D eigenvalue weighted by Gasteiger charge is -2.08.